The maximum atomic E-state index is 12.9. The van der Waals surface area contributed by atoms with E-state index in [0.29, 0.717) is 42.5 Å². The topological polar surface area (TPSA) is 80.0 Å². The highest BCUT2D eigenvalue weighted by Crippen LogP contribution is 2.17. The minimum Gasteiger partial charge on any atom is -0.356 e. The van der Waals surface area contributed by atoms with E-state index in [1.54, 1.807) is 12.1 Å². The molecule has 1 aromatic carbocycles. The summed E-state index contributed by atoms with van der Waals surface area (Å²) in [4.78, 5) is 16.2. The number of carbonyl (C=O) groups excluding carboxylic acids is 1. The van der Waals surface area contributed by atoms with E-state index in [0.717, 1.165) is 19.6 Å². The predicted octanol–water partition coefficient (Wildman–Crippen LogP) is 2.74. The van der Waals surface area contributed by atoms with Gasteiger partial charge in [0.2, 0.25) is 17.6 Å². The second-order valence-electron chi connectivity index (χ2n) is 6.39. The van der Waals surface area contributed by atoms with Gasteiger partial charge in [-0.1, -0.05) is 5.16 Å². The summed E-state index contributed by atoms with van der Waals surface area (Å²) in [7, 11) is 0. The van der Waals surface area contributed by atoms with Crippen molar-refractivity contribution in [3.8, 4) is 11.4 Å². The largest absolute Gasteiger partial charge is 0.356 e. The highest BCUT2D eigenvalue weighted by molar-refractivity contribution is 5.85. The van der Waals surface area contributed by atoms with Gasteiger partial charge in [-0.25, -0.2) is 4.39 Å². The smallest absolute Gasteiger partial charge is 0.226 e. The molecular weight excluding hydrogens is 359 g/mol. The zero-order chi connectivity index (χ0) is 17.5. The fourth-order valence-electron chi connectivity index (χ4n) is 2.92. The lowest BCUT2D eigenvalue weighted by Gasteiger charge is -2.22. The van der Waals surface area contributed by atoms with Gasteiger partial charge < -0.3 is 15.2 Å². The normalized spacial score (nSPS) is 16.7. The lowest BCUT2D eigenvalue weighted by atomic mass is 10.00. The molecule has 142 valence electrons. The van der Waals surface area contributed by atoms with Crippen LogP contribution in [0.1, 0.15) is 31.6 Å². The standard InChI is InChI=1S/C18H23FN4O2.ClH/c19-15-8-6-14(7-9-15)18-22-17(25-23-18)5-1-4-16(24)21-12-13-3-2-10-20-11-13;/h6-9,13,20H,1-5,10-12H2,(H,21,24);1H. The zero-order valence-corrected chi connectivity index (χ0v) is 15.4. The quantitative estimate of drug-likeness (QED) is 0.769. The van der Waals surface area contributed by atoms with E-state index in [4.69, 9.17) is 4.52 Å². The van der Waals surface area contributed by atoms with Crippen LogP contribution in [0.15, 0.2) is 28.8 Å². The molecule has 1 aromatic heterocycles. The van der Waals surface area contributed by atoms with Crippen LogP contribution in [0.3, 0.4) is 0 Å². The van der Waals surface area contributed by atoms with Crippen LogP contribution in [0.4, 0.5) is 4.39 Å². The molecule has 0 spiro atoms. The fraction of sp³-hybridized carbons (Fsp3) is 0.500. The molecule has 1 atom stereocenters. The Kier molecular flexibility index (Phi) is 8.00. The molecule has 2 N–H and O–H groups in total. The van der Waals surface area contributed by atoms with Crippen LogP contribution in [-0.2, 0) is 11.2 Å². The molecule has 0 aliphatic carbocycles. The Labute approximate surface area is 158 Å². The van der Waals surface area contributed by atoms with Gasteiger partial charge in [0, 0.05) is 24.9 Å². The van der Waals surface area contributed by atoms with Gasteiger partial charge >= 0.3 is 0 Å². The van der Waals surface area contributed by atoms with Crippen LogP contribution < -0.4 is 10.6 Å². The first-order valence-corrected chi connectivity index (χ1v) is 8.76. The van der Waals surface area contributed by atoms with E-state index in [-0.39, 0.29) is 24.1 Å². The maximum Gasteiger partial charge on any atom is 0.226 e. The van der Waals surface area contributed by atoms with E-state index >= 15 is 0 Å². The lowest BCUT2D eigenvalue weighted by molar-refractivity contribution is -0.121. The SMILES string of the molecule is Cl.O=C(CCCc1nc(-c2ccc(F)cc2)no1)NCC1CCCNC1. The molecule has 8 heteroatoms. The molecule has 0 radical (unpaired) electrons. The summed E-state index contributed by atoms with van der Waals surface area (Å²) in [5.74, 6) is 1.21. The molecule has 0 bridgehead atoms. The molecule has 2 heterocycles. The summed E-state index contributed by atoms with van der Waals surface area (Å²) in [6, 6.07) is 5.93. The monoisotopic (exact) mass is 382 g/mol. The van der Waals surface area contributed by atoms with Crippen molar-refractivity contribution >= 4 is 18.3 Å². The van der Waals surface area contributed by atoms with E-state index in [1.165, 1.54) is 25.0 Å². The van der Waals surface area contributed by atoms with E-state index in [9.17, 15) is 9.18 Å². The van der Waals surface area contributed by atoms with Crippen LogP contribution in [0.2, 0.25) is 0 Å². The second-order valence-corrected chi connectivity index (χ2v) is 6.39. The number of nitrogens with one attached hydrogen (secondary N) is 2. The molecule has 1 fully saturated rings. The highest BCUT2D eigenvalue weighted by atomic mass is 35.5. The Morgan fingerprint density at radius 2 is 2.15 bits per heavy atom. The van der Waals surface area contributed by atoms with Gasteiger partial charge in [0.05, 0.1) is 0 Å². The number of aromatic nitrogens is 2. The van der Waals surface area contributed by atoms with Crippen molar-refractivity contribution in [2.45, 2.75) is 32.1 Å². The van der Waals surface area contributed by atoms with Crippen molar-refractivity contribution in [1.29, 1.82) is 0 Å². The Hall–Kier alpha value is -1.99. The van der Waals surface area contributed by atoms with Gasteiger partial charge in [0.15, 0.2) is 0 Å². The number of benzene rings is 1. The Bertz CT molecular complexity index is 687. The minimum atomic E-state index is -0.303. The number of amides is 1. The van der Waals surface area contributed by atoms with Gasteiger partial charge in [-0.3, -0.25) is 4.79 Å². The van der Waals surface area contributed by atoms with Crippen LogP contribution in [-0.4, -0.2) is 35.7 Å². The van der Waals surface area contributed by atoms with Gasteiger partial charge in [-0.2, -0.15) is 4.98 Å². The highest BCUT2D eigenvalue weighted by Gasteiger charge is 2.14. The first-order chi connectivity index (χ1) is 12.2. The number of carbonyl (C=O) groups is 1. The van der Waals surface area contributed by atoms with Gasteiger partial charge in [-0.15, -0.1) is 12.4 Å². The third-order valence-corrected chi connectivity index (χ3v) is 4.35. The Morgan fingerprint density at radius 1 is 1.35 bits per heavy atom. The molecule has 3 rings (SSSR count). The number of aryl methyl sites for hydroxylation is 1. The number of rotatable bonds is 7. The average molecular weight is 383 g/mol. The van der Waals surface area contributed by atoms with Crippen molar-refractivity contribution in [2.24, 2.45) is 5.92 Å². The predicted molar refractivity (Wildman–Crippen MR) is 98.5 cm³/mol. The summed E-state index contributed by atoms with van der Waals surface area (Å²) in [6.07, 6.45) is 3.98. The number of hydrogen-bond donors (Lipinski definition) is 2. The Morgan fingerprint density at radius 3 is 2.88 bits per heavy atom. The Balaban J connectivity index is 0.00000243. The van der Waals surface area contributed by atoms with Crippen LogP contribution in [0.25, 0.3) is 11.4 Å². The lowest BCUT2D eigenvalue weighted by Crippen LogP contribution is -2.38. The third kappa shape index (κ3) is 6.07. The van der Waals surface area contributed by atoms with Crippen LogP contribution >= 0.6 is 12.4 Å². The fourth-order valence-corrected chi connectivity index (χ4v) is 2.92. The average Bonchev–Trinajstić information content (AvgIpc) is 3.10. The van der Waals surface area contributed by atoms with Crippen molar-refractivity contribution in [3.05, 3.63) is 36.0 Å². The number of piperidine rings is 1. The number of nitrogens with zero attached hydrogens (tertiary/aromatic N) is 2. The molecular formula is C18H24ClFN4O2. The first kappa shape index (κ1) is 20.3. The van der Waals surface area contributed by atoms with Crippen LogP contribution in [0.5, 0.6) is 0 Å². The summed E-state index contributed by atoms with van der Waals surface area (Å²) < 4.78 is 18.1. The van der Waals surface area contributed by atoms with Crippen molar-refractivity contribution < 1.29 is 13.7 Å². The summed E-state index contributed by atoms with van der Waals surface area (Å²) in [5.41, 5.74) is 0.704. The van der Waals surface area contributed by atoms with Gasteiger partial charge in [0.25, 0.3) is 0 Å². The van der Waals surface area contributed by atoms with Crippen LogP contribution in [0, 0.1) is 11.7 Å². The molecule has 1 aliphatic heterocycles. The maximum absolute atomic E-state index is 12.9. The number of hydrogen-bond acceptors (Lipinski definition) is 5. The van der Waals surface area contributed by atoms with Gasteiger partial charge in [-0.05, 0) is 62.5 Å². The molecule has 1 aliphatic rings. The molecule has 2 aromatic rings. The third-order valence-electron chi connectivity index (χ3n) is 4.35. The summed E-state index contributed by atoms with van der Waals surface area (Å²) in [5, 5.41) is 10.2. The molecule has 1 unspecified atom stereocenters. The molecule has 26 heavy (non-hydrogen) atoms. The molecule has 0 saturated carbocycles. The van der Waals surface area contributed by atoms with E-state index in [2.05, 4.69) is 20.8 Å². The van der Waals surface area contributed by atoms with Crippen molar-refractivity contribution in [3.63, 3.8) is 0 Å². The van der Waals surface area contributed by atoms with E-state index in [1.807, 2.05) is 0 Å². The summed E-state index contributed by atoms with van der Waals surface area (Å²) >= 11 is 0. The second kappa shape index (κ2) is 10.2. The van der Waals surface area contributed by atoms with Gasteiger partial charge in [0.1, 0.15) is 5.82 Å². The summed E-state index contributed by atoms with van der Waals surface area (Å²) in [6.45, 7) is 2.80. The minimum absolute atomic E-state index is 0. The first-order valence-electron chi connectivity index (χ1n) is 8.76. The van der Waals surface area contributed by atoms with E-state index < -0.39 is 0 Å². The van der Waals surface area contributed by atoms with Crippen molar-refractivity contribution in [1.82, 2.24) is 20.8 Å². The zero-order valence-electron chi connectivity index (χ0n) is 14.5. The van der Waals surface area contributed by atoms with Crippen molar-refractivity contribution in [2.75, 3.05) is 19.6 Å². The molecule has 1 saturated heterocycles. The molecule has 6 nitrogen and oxygen atoms in total. The number of halogens is 2. The molecule has 1 amide bonds.